The predicted octanol–water partition coefficient (Wildman–Crippen LogP) is 3.29. The largest absolute Gasteiger partial charge is 0.508 e. The fourth-order valence-corrected chi connectivity index (χ4v) is 4.09. The molecule has 0 unspecified atom stereocenters. The minimum Gasteiger partial charge on any atom is -0.508 e. The number of benzene rings is 2. The summed E-state index contributed by atoms with van der Waals surface area (Å²) in [5.41, 5.74) is 2.04. The Labute approximate surface area is 144 Å². The van der Waals surface area contributed by atoms with Crippen LogP contribution < -0.4 is 15.2 Å². The van der Waals surface area contributed by atoms with E-state index in [4.69, 9.17) is 0 Å². The highest BCUT2D eigenvalue weighted by Gasteiger charge is 2.20. The second kappa shape index (κ2) is 6.17. The molecule has 1 saturated heterocycles. The highest BCUT2D eigenvalue weighted by atomic mass is 32.1. The highest BCUT2D eigenvalue weighted by Crippen LogP contribution is 2.24. The van der Waals surface area contributed by atoms with E-state index < -0.39 is 0 Å². The van der Waals surface area contributed by atoms with Crippen molar-refractivity contribution in [3.8, 4) is 5.75 Å². The van der Waals surface area contributed by atoms with Gasteiger partial charge in [-0.2, -0.15) is 0 Å². The van der Waals surface area contributed by atoms with E-state index in [1.54, 1.807) is 23.5 Å². The van der Waals surface area contributed by atoms with Gasteiger partial charge in [-0.15, -0.1) is 11.3 Å². The Morgan fingerprint density at radius 2 is 1.54 bits per heavy atom. The molecule has 1 aliphatic heterocycles. The smallest absolute Gasteiger partial charge is 0.211 e. The van der Waals surface area contributed by atoms with Crippen LogP contribution in [0.1, 0.15) is 0 Å². The second-order valence-electron chi connectivity index (χ2n) is 5.94. The molecule has 0 spiro atoms. The summed E-state index contributed by atoms with van der Waals surface area (Å²) < 4.78 is 1.04. The summed E-state index contributed by atoms with van der Waals surface area (Å²) in [5, 5.41) is 12.2. The first-order valence-corrected chi connectivity index (χ1v) is 8.90. The molecule has 0 atom stereocenters. The Balaban J connectivity index is 1.55. The van der Waals surface area contributed by atoms with Gasteiger partial charge in [0.05, 0.1) is 5.69 Å². The molecule has 1 N–H and O–H groups in total. The van der Waals surface area contributed by atoms with Gasteiger partial charge in [0.1, 0.15) is 5.75 Å². The third-order valence-corrected chi connectivity index (χ3v) is 5.45. The first-order chi connectivity index (χ1) is 11.7. The Kier molecular flexibility index (Phi) is 3.86. The number of anilines is 2. The number of hydrogen-bond acceptors (Lipinski definition) is 5. The molecular formula is C19H18N2O2S. The van der Waals surface area contributed by atoms with E-state index in [1.807, 2.05) is 41.8 Å². The molecule has 4 nitrogen and oxygen atoms in total. The van der Waals surface area contributed by atoms with Gasteiger partial charge in [-0.1, -0.05) is 12.1 Å². The standard InChI is InChI=1S/C19H18N2O2S/c22-15-7-5-14(6-8-15)20-9-11-21(12-10-20)17-13-24-18-4-2-1-3-16(18)19(17)23/h1-8,13,22H,9-12H2. The van der Waals surface area contributed by atoms with Gasteiger partial charge in [-0.25, -0.2) is 0 Å². The molecule has 1 fully saturated rings. The van der Waals surface area contributed by atoms with E-state index >= 15 is 0 Å². The van der Waals surface area contributed by atoms with Gasteiger partial charge in [0.2, 0.25) is 5.43 Å². The number of piperazine rings is 1. The Hall–Kier alpha value is -2.53. The van der Waals surface area contributed by atoms with Crippen LogP contribution in [0.4, 0.5) is 11.4 Å². The van der Waals surface area contributed by atoms with E-state index in [0.29, 0.717) is 0 Å². The van der Waals surface area contributed by atoms with Crippen LogP contribution in [0.3, 0.4) is 0 Å². The summed E-state index contributed by atoms with van der Waals surface area (Å²) >= 11 is 1.63. The Bertz CT molecular complexity index is 913. The van der Waals surface area contributed by atoms with Crippen molar-refractivity contribution in [1.82, 2.24) is 0 Å². The molecule has 24 heavy (non-hydrogen) atoms. The van der Waals surface area contributed by atoms with Crippen molar-refractivity contribution in [1.29, 1.82) is 0 Å². The van der Waals surface area contributed by atoms with Crippen molar-refractivity contribution < 1.29 is 5.11 Å². The third-order valence-electron chi connectivity index (χ3n) is 4.50. The lowest BCUT2D eigenvalue weighted by atomic mass is 10.2. The van der Waals surface area contributed by atoms with Crippen molar-refractivity contribution in [3.63, 3.8) is 0 Å². The van der Waals surface area contributed by atoms with Crippen LogP contribution in [0, 0.1) is 0 Å². The number of rotatable bonds is 2. The van der Waals surface area contributed by atoms with Crippen molar-refractivity contribution in [2.75, 3.05) is 36.0 Å². The summed E-state index contributed by atoms with van der Waals surface area (Å²) in [4.78, 5) is 17.2. The number of phenols is 1. The zero-order valence-electron chi connectivity index (χ0n) is 13.2. The molecular weight excluding hydrogens is 320 g/mol. The molecule has 2 aromatic carbocycles. The summed E-state index contributed by atoms with van der Waals surface area (Å²) in [7, 11) is 0. The van der Waals surface area contributed by atoms with E-state index in [0.717, 1.165) is 47.6 Å². The normalized spacial score (nSPS) is 15.0. The van der Waals surface area contributed by atoms with E-state index in [1.165, 1.54) is 0 Å². The average Bonchev–Trinajstić information content (AvgIpc) is 2.63. The van der Waals surface area contributed by atoms with Gasteiger partial charge in [-0.05, 0) is 36.4 Å². The molecule has 122 valence electrons. The molecule has 5 heteroatoms. The monoisotopic (exact) mass is 338 g/mol. The maximum atomic E-state index is 12.7. The maximum Gasteiger partial charge on any atom is 0.211 e. The average molecular weight is 338 g/mol. The molecule has 0 aliphatic carbocycles. The molecule has 1 aliphatic rings. The van der Waals surface area contributed by atoms with Gasteiger partial charge < -0.3 is 14.9 Å². The molecule has 1 aromatic heterocycles. The molecule has 3 aromatic rings. The van der Waals surface area contributed by atoms with Gasteiger partial charge in [-0.3, -0.25) is 4.79 Å². The van der Waals surface area contributed by atoms with Gasteiger partial charge >= 0.3 is 0 Å². The summed E-state index contributed by atoms with van der Waals surface area (Å²) in [6.45, 7) is 3.37. The SMILES string of the molecule is O=c1c(N2CCN(c3ccc(O)cc3)CC2)csc2ccccc12. The van der Waals surface area contributed by atoms with Crippen LogP contribution in [-0.2, 0) is 0 Å². The fraction of sp³-hybridized carbons (Fsp3) is 0.211. The zero-order chi connectivity index (χ0) is 16.5. The van der Waals surface area contributed by atoms with E-state index in [2.05, 4.69) is 9.80 Å². The van der Waals surface area contributed by atoms with Gasteiger partial charge in [0, 0.05) is 47.3 Å². The van der Waals surface area contributed by atoms with Crippen molar-refractivity contribution >= 4 is 32.8 Å². The van der Waals surface area contributed by atoms with E-state index in [-0.39, 0.29) is 11.2 Å². The number of aromatic hydroxyl groups is 1. The molecule has 0 bridgehead atoms. The molecule has 2 heterocycles. The van der Waals surface area contributed by atoms with Crippen LogP contribution >= 0.6 is 11.3 Å². The van der Waals surface area contributed by atoms with Crippen LogP contribution in [0.2, 0.25) is 0 Å². The Morgan fingerprint density at radius 3 is 2.29 bits per heavy atom. The van der Waals surface area contributed by atoms with Gasteiger partial charge in [0.25, 0.3) is 0 Å². The third kappa shape index (κ3) is 2.71. The van der Waals surface area contributed by atoms with Crippen LogP contribution in [0.5, 0.6) is 5.75 Å². The summed E-state index contributed by atoms with van der Waals surface area (Å²) in [6, 6.07) is 15.1. The van der Waals surface area contributed by atoms with E-state index in [9.17, 15) is 9.90 Å². The Morgan fingerprint density at radius 1 is 0.875 bits per heavy atom. The zero-order valence-corrected chi connectivity index (χ0v) is 14.0. The maximum absolute atomic E-state index is 12.7. The molecule has 0 radical (unpaired) electrons. The summed E-state index contributed by atoms with van der Waals surface area (Å²) in [6.07, 6.45) is 0. The van der Waals surface area contributed by atoms with Gasteiger partial charge in [0.15, 0.2) is 0 Å². The predicted molar refractivity (Wildman–Crippen MR) is 101 cm³/mol. The number of fused-ring (bicyclic) bond motifs is 1. The quantitative estimate of drug-likeness (QED) is 0.779. The second-order valence-corrected chi connectivity index (χ2v) is 6.85. The minimum atomic E-state index is 0.127. The van der Waals surface area contributed by atoms with Crippen LogP contribution in [0.15, 0.2) is 58.7 Å². The minimum absolute atomic E-state index is 0.127. The summed E-state index contributed by atoms with van der Waals surface area (Å²) in [5.74, 6) is 0.283. The van der Waals surface area contributed by atoms with Crippen molar-refractivity contribution in [2.45, 2.75) is 0 Å². The highest BCUT2D eigenvalue weighted by molar-refractivity contribution is 7.16. The van der Waals surface area contributed by atoms with Crippen molar-refractivity contribution in [3.05, 3.63) is 64.1 Å². The lowest BCUT2D eigenvalue weighted by Gasteiger charge is -2.37. The topological polar surface area (TPSA) is 43.8 Å². The first kappa shape index (κ1) is 15.0. The molecule has 0 amide bonds. The first-order valence-electron chi connectivity index (χ1n) is 8.02. The lowest BCUT2D eigenvalue weighted by molar-refractivity contribution is 0.475. The van der Waals surface area contributed by atoms with Crippen molar-refractivity contribution in [2.24, 2.45) is 0 Å². The molecule has 4 rings (SSSR count). The van der Waals surface area contributed by atoms with Crippen LogP contribution in [0.25, 0.3) is 10.1 Å². The number of hydrogen-bond donors (Lipinski definition) is 1. The fourth-order valence-electron chi connectivity index (χ4n) is 3.15. The number of phenolic OH excluding ortho intramolecular Hbond substituents is 1. The lowest BCUT2D eigenvalue weighted by Crippen LogP contribution is -2.47. The van der Waals surface area contributed by atoms with Crippen LogP contribution in [-0.4, -0.2) is 31.3 Å². The number of nitrogens with zero attached hydrogens (tertiary/aromatic N) is 2. The molecule has 0 saturated carbocycles.